The van der Waals surface area contributed by atoms with Gasteiger partial charge in [-0.15, -0.1) is 0 Å². The number of carbonyl (C=O) groups excluding carboxylic acids is 3. The van der Waals surface area contributed by atoms with Gasteiger partial charge in [0.2, 0.25) is 5.91 Å². The molecule has 5 N–H and O–H groups in total. The number of carbonyl (C=O) groups is 3. The summed E-state index contributed by atoms with van der Waals surface area (Å²) in [4.78, 5) is 37.1. The number of piperidine rings is 1. The second-order valence-corrected chi connectivity index (χ2v) is 6.85. The molecule has 1 aromatic carbocycles. The summed E-state index contributed by atoms with van der Waals surface area (Å²) in [5.74, 6) is -0.980. The van der Waals surface area contributed by atoms with E-state index in [-0.39, 0.29) is 6.04 Å². The van der Waals surface area contributed by atoms with Crippen LogP contribution in [0.5, 0.6) is 0 Å². The summed E-state index contributed by atoms with van der Waals surface area (Å²) in [5.41, 5.74) is 13.3. The number of hydrogen-bond acceptors (Lipinski definition) is 6. The molecule has 7 nitrogen and oxygen atoms in total. The predicted molar refractivity (Wildman–Crippen MR) is 93.5 cm³/mol. The van der Waals surface area contributed by atoms with Gasteiger partial charge in [0, 0.05) is 30.4 Å². The maximum absolute atomic E-state index is 11.8. The van der Waals surface area contributed by atoms with Gasteiger partial charge >= 0.3 is 0 Å². The fourth-order valence-corrected chi connectivity index (χ4v) is 3.58. The van der Waals surface area contributed by atoms with Crippen molar-refractivity contribution in [3.8, 4) is 0 Å². The topological polar surface area (TPSA) is 119 Å². The van der Waals surface area contributed by atoms with Crippen LogP contribution in [-0.2, 0) is 4.79 Å². The summed E-state index contributed by atoms with van der Waals surface area (Å²) >= 11 is 0.841. The molecule has 0 bridgehead atoms. The molecule has 0 radical (unpaired) electrons. The number of anilines is 1. The van der Waals surface area contributed by atoms with E-state index < -0.39 is 17.1 Å². The summed E-state index contributed by atoms with van der Waals surface area (Å²) in [7, 11) is 0. The number of primary amides is 1. The van der Waals surface area contributed by atoms with E-state index in [1.54, 1.807) is 18.2 Å². The van der Waals surface area contributed by atoms with E-state index in [1.165, 1.54) is 0 Å². The fraction of sp³-hybridized carbons (Fsp3) is 0.312. The molecule has 2 fully saturated rings. The summed E-state index contributed by atoms with van der Waals surface area (Å²) in [6, 6.07) is 5.19. The van der Waals surface area contributed by atoms with Crippen molar-refractivity contribution in [3.63, 3.8) is 0 Å². The van der Waals surface area contributed by atoms with Gasteiger partial charge in [0.1, 0.15) is 0 Å². The molecule has 1 aromatic rings. The molecule has 2 saturated heterocycles. The van der Waals surface area contributed by atoms with Crippen LogP contribution in [0.4, 0.5) is 10.5 Å². The Morgan fingerprint density at radius 2 is 2.17 bits per heavy atom. The van der Waals surface area contributed by atoms with E-state index in [2.05, 4.69) is 10.2 Å². The quantitative estimate of drug-likeness (QED) is 0.704. The standard InChI is InChI=1S/C16H18N4O3S/c17-11-2-1-5-20(8-11)12-4-3-9(14(18)21)6-10(12)7-13-15(22)19-16(23)24-13/h3-4,6-7,11H,1-2,5,8,17H2,(H2,18,21)(H,19,22,23)/t11-/m1/s1. The molecule has 0 saturated carbocycles. The van der Waals surface area contributed by atoms with Gasteiger partial charge in [0.15, 0.2) is 0 Å². The first-order valence-corrected chi connectivity index (χ1v) is 8.45. The van der Waals surface area contributed by atoms with E-state index in [0.717, 1.165) is 36.8 Å². The maximum Gasteiger partial charge on any atom is 0.290 e. The lowest BCUT2D eigenvalue weighted by Crippen LogP contribution is -2.43. The van der Waals surface area contributed by atoms with Crippen molar-refractivity contribution < 1.29 is 14.4 Å². The van der Waals surface area contributed by atoms with Crippen molar-refractivity contribution in [1.82, 2.24) is 5.32 Å². The van der Waals surface area contributed by atoms with Crippen LogP contribution in [0.2, 0.25) is 0 Å². The SMILES string of the molecule is NC(=O)c1ccc(N2CCC[C@@H](N)C2)c(C=C2SC(=O)NC2=O)c1. The Bertz CT molecular complexity index is 747. The van der Waals surface area contributed by atoms with Gasteiger partial charge in [-0.1, -0.05) is 0 Å². The molecule has 8 heteroatoms. The van der Waals surface area contributed by atoms with Gasteiger partial charge in [-0.05, 0) is 54.4 Å². The lowest BCUT2D eigenvalue weighted by Gasteiger charge is -2.33. The van der Waals surface area contributed by atoms with Crippen molar-refractivity contribution in [1.29, 1.82) is 0 Å². The first-order chi connectivity index (χ1) is 11.4. The van der Waals surface area contributed by atoms with Crippen molar-refractivity contribution >= 4 is 40.6 Å². The number of rotatable bonds is 3. The van der Waals surface area contributed by atoms with Crippen molar-refractivity contribution in [2.75, 3.05) is 18.0 Å². The first-order valence-electron chi connectivity index (χ1n) is 7.63. The van der Waals surface area contributed by atoms with Crippen LogP contribution in [0.25, 0.3) is 6.08 Å². The smallest absolute Gasteiger partial charge is 0.290 e. The van der Waals surface area contributed by atoms with Crippen LogP contribution >= 0.6 is 11.8 Å². The highest BCUT2D eigenvalue weighted by atomic mass is 32.2. The monoisotopic (exact) mass is 346 g/mol. The largest absolute Gasteiger partial charge is 0.369 e. The molecule has 126 valence electrons. The number of hydrogen-bond donors (Lipinski definition) is 3. The number of nitrogens with two attached hydrogens (primary N) is 2. The van der Waals surface area contributed by atoms with E-state index in [0.29, 0.717) is 22.6 Å². The van der Waals surface area contributed by atoms with E-state index >= 15 is 0 Å². The van der Waals surface area contributed by atoms with Gasteiger partial charge in [-0.25, -0.2) is 0 Å². The van der Waals surface area contributed by atoms with Crippen molar-refractivity contribution in [2.45, 2.75) is 18.9 Å². The highest BCUT2D eigenvalue weighted by Gasteiger charge is 2.26. The number of nitrogens with one attached hydrogen (secondary N) is 1. The van der Waals surface area contributed by atoms with Gasteiger partial charge < -0.3 is 16.4 Å². The van der Waals surface area contributed by atoms with Crippen LogP contribution in [0, 0.1) is 0 Å². The first kappa shape index (κ1) is 16.5. The molecule has 2 heterocycles. The van der Waals surface area contributed by atoms with E-state index in [9.17, 15) is 14.4 Å². The van der Waals surface area contributed by atoms with Crippen LogP contribution in [0.3, 0.4) is 0 Å². The number of nitrogens with zero attached hydrogens (tertiary/aromatic N) is 1. The molecule has 0 unspecified atom stereocenters. The second kappa shape index (κ2) is 6.66. The molecule has 3 amide bonds. The third-order valence-electron chi connectivity index (χ3n) is 4.04. The van der Waals surface area contributed by atoms with Crippen LogP contribution in [-0.4, -0.2) is 36.2 Å². The lowest BCUT2D eigenvalue weighted by atomic mass is 10.0. The van der Waals surface area contributed by atoms with Gasteiger partial charge in [0.05, 0.1) is 4.91 Å². The highest BCUT2D eigenvalue weighted by molar-refractivity contribution is 8.18. The van der Waals surface area contributed by atoms with Gasteiger partial charge in [-0.2, -0.15) is 0 Å². The Kier molecular flexibility index (Phi) is 4.59. The predicted octanol–water partition coefficient (Wildman–Crippen LogP) is 1.04. The molecular weight excluding hydrogens is 328 g/mol. The highest BCUT2D eigenvalue weighted by Crippen LogP contribution is 2.31. The summed E-state index contributed by atoms with van der Waals surface area (Å²) in [5, 5.41) is 1.82. The summed E-state index contributed by atoms with van der Waals surface area (Å²) in [6.45, 7) is 1.54. The molecule has 0 spiro atoms. The Labute approximate surface area is 143 Å². The van der Waals surface area contributed by atoms with Gasteiger partial charge in [-0.3, -0.25) is 19.7 Å². The average Bonchev–Trinajstić information content (AvgIpc) is 2.84. The Hall–Kier alpha value is -2.32. The molecule has 0 aliphatic carbocycles. The van der Waals surface area contributed by atoms with Crippen molar-refractivity contribution in [2.24, 2.45) is 11.5 Å². The fourth-order valence-electron chi connectivity index (χ4n) is 2.90. The van der Waals surface area contributed by atoms with Gasteiger partial charge in [0.25, 0.3) is 11.1 Å². The molecule has 0 aromatic heterocycles. The van der Waals surface area contributed by atoms with Crippen LogP contribution in [0.15, 0.2) is 23.1 Å². The zero-order chi connectivity index (χ0) is 17.3. The third kappa shape index (κ3) is 3.44. The maximum atomic E-state index is 11.8. The Morgan fingerprint density at radius 1 is 1.38 bits per heavy atom. The number of benzene rings is 1. The minimum atomic E-state index is -0.545. The van der Waals surface area contributed by atoms with Crippen LogP contribution < -0.4 is 21.7 Å². The zero-order valence-electron chi connectivity index (χ0n) is 13.0. The van der Waals surface area contributed by atoms with Crippen LogP contribution in [0.1, 0.15) is 28.8 Å². The van der Waals surface area contributed by atoms with E-state index in [1.807, 2.05) is 6.07 Å². The molecule has 1 atom stereocenters. The summed E-state index contributed by atoms with van der Waals surface area (Å²) in [6.07, 6.45) is 3.56. The minimum Gasteiger partial charge on any atom is -0.369 e. The molecular formula is C16H18N4O3S. The molecule has 2 aliphatic heterocycles. The molecule has 24 heavy (non-hydrogen) atoms. The number of thioether (sulfide) groups is 1. The third-order valence-corrected chi connectivity index (χ3v) is 4.85. The second-order valence-electron chi connectivity index (χ2n) is 5.84. The van der Waals surface area contributed by atoms with E-state index in [4.69, 9.17) is 11.5 Å². The molecule has 3 rings (SSSR count). The molecule has 2 aliphatic rings. The average molecular weight is 346 g/mol. The number of imide groups is 1. The minimum absolute atomic E-state index is 0.0841. The number of amides is 3. The zero-order valence-corrected chi connectivity index (χ0v) is 13.8. The Balaban J connectivity index is 2.02. The normalized spacial score (nSPS) is 22.8. The Morgan fingerprint density at radius 3 is 2.79 bits per heavy atom. The van der Waals surface area contributed by atoms with Crippen molar-refractivity contribution in [3.05, 3.63) is 34.2 Å². The summed E-state index contributed by atoms with van der Waals surface area (Å²) < 4.78 is 0. The lowest BCUT2D eigenvalue weighted by molar-refractivity contribution is -0.115.